The molecule has 2 heterocycles. The van der Waals surface area contributed by atoms with Crippen LogP contribution in [0.15, 0.2) is 78.6 Å². The number of nitrogens with zero attached hydrogens (tertiary/aromatic N) is 4. The van der Waals surface area contributed by atoms with E-state index in [9.17, 15) is 10.1 Å². The van der Waals surface area contributed by atoms with Crippen molar-refractivity contribution in [2.75, 3.05) is 31.5 Å². The average Bonchev–Trinajstić information content (AvgIpc) is 2.80. The Bertz CT molecular complexity index is 1090. The zero-order valence-electron chi connectivity index (χ0n) is 16.7. The fraction of sp³-hybridized carbons (Fsp3) is 0.208. The fourth-order valence-electron chi connectivity index (χ4n) is 3.63. The number of aromatic nitrogens is 1. The molecule has 1 aliphatic heterocycles. The maximum atomic E-state index is 12.8. The molecule has 0 saturated carbocycles. The van der Waals surface area contributed by atoms with Crippen LogP contribution in [0, 0.1) is 11.3 Å². The highest BCUT2D eigenvalue weighted by Gasteiger charge is 2.23. The molecule has 6 heteroatoms. The predicted octanol–water partition coefficient (Wildman–Crippen LogP) is 3.40. The van der Waals surface area contributed by atoms with Crippen molar-refractivity contribution in [3.8, 4) is 6.07 Å². The van der Waals surface area contributed by atoms with Crippen molar-refractivity contribution < 1.29 is 4.79 Å². The standard InChI is InChI=1S/C24H23N5O/c25-16-21(17-27-22-10-4-8-20-9-5-11-26-23(20)22)24(30)29-14-12-28(13-15-29)18-19-6-2-1-3-7-19/h1-11,17,27H,12-15,18H2/b21-17-. The summed E-state index contributed by atoms with van der Waals surface area (Å²) in [6.45, 7) is 3.68. The minimum atomic E-state index is -0.238. The van der Waals surface area contributed by atoms with Gasteiger partial charge in [0.25, 0.3) is 5.91 Å². The Kier molecular flexibility index (Phi) is 6.02. The molecule has 1 N–H and O–H groups in total. The van der Waals surface area contributed by atoms with E-state index in [1.54, 1.807) is 11.1 Å². The van der Waals surface area contributed by atoms with Gasteiger partial charge < -0.3 is 10.2 Å². The number of nitriles is 1. The van der Waals surface area contributed by atoms with Gasteiger partial charge in [-0.15, -0.1) is 0 Å². The molecule has 0 unspecified atom stereocenters. The number of amides is 1. The zero-order chi connectivity index (χ0) is 20.8. The molecule has 30 heavy (non-hydrogen) atoms. The second kappa shape index (κ2) is 9.21. The molecule has 1 fully saturated rings. The largest absolute Gasteiger partial charge is 0.358 e. The zero-order valence-corrected chi connectivity index (χ0v) is 16.7. The summed E-state index contributed by atoms with van der Waals surface area (Å²) in [7, 11) is 0. The maximum absolute atomic E-state index is 12.8. The number of rotatable bonds is 5. The van der Waals surface area contributed by atoms with Gasteiger partial charge in [0.15, 0.2) is 0 Å². The second-order valence-corrected chi connectivity index (χ2v) is 7.25. The number of pyridine rings is 1. The first-order valence-corrected chi connectivity index (χ1v) is 10.0. The van der Waals surface area contributed by atoms with Crippen LogP contribution in [0.2, 0.25) is 0 Å². The molecule has 1 saturated heterocycles. The highest BCUT2D eigenvalue weighted by molar-refractivity contribution is 5.98. The van der Waals surface area contributed by atoms with Crippen molar-refractivity contribution in [2.45, 2.75) is 6.54 Å². The molecule has 0 atom stereocenters. The van der Waals surface area contributed by atoms with Crippen LogP contribution in [-0.2, 0) is 11.3 Å². The van der Waals surface area contributed by atoms with Gasteiger partial charge in [0.05, 0.1) is 11.2 Å². The Hall–Kier alpha value is -3.69. The third-order valence-corrected chi connectivity index (χ3v) is 5.26. The van der Waals surface area contributed by atoms with E-state index in [2.05, 4.69) is 27.3 Å². The molecule has 4 rings (SSSR count). The maximum Gasteiger partial charge on any atom is 0.266 e. The van der Waals surface area contributed by atoms with Gasteiger partial charge in [0, 0.05) is 50.5 Å². The van der Waals surface area contributed by atoms with E-state index in [1.807, 2.05) is 54.6 Å². The number of carbonyl (C=O) groups excluding carboxylic acids is 1. The molecular weight excluding hydrogens is 374 g/mol. The Balaban J connectivity index is 1.39. The van der Waals surface area contributed by atoms with Gasteiger partial charge in [0.2, 0.25) is 0 Å². The number of fused-ring (bicyclic) bond motifs is 1. The van der Waals surface area contributed by atoms with Gasteiger partial charge in [-0.1, -0.05) is 48.5 Å². The SMILES string of the molecule is N#C/C(=C/Nc1cccc2cccnc12)C(=O)N1CCN(Cc2ccccc2)CC1. The van der Waals surface area contributed by atoms with Gasteiger partial charge in [-0.2, -0.15) is 5.26 Å². The molecule has 1 amide bonds. The van der Waals surface area contributed by atoms with Crippen LogP contribution in [0.4, 0.5) is 5.69 Å². The highest BCUT2D eigenvalue weighted by atomic mass is 16.2. The van der Waals surface area contributed by atoms with Crippen LogP contribution in [-0.4, -0.2) is 46.9 Å². The number of carbonyl (C=O) groups is 1. The Labute approximate surface area is 176 Å². The summed E-state index contributed by atoms with van der Waals surface area (Å²) in [5, 5.41) is 13.6. The van der Waals surface area contributed by atoms with E-state index in [0.717, 1.165) is 36.2 Å². The number of hydrogen-bond acceptors (Lipinski definition) is 5. The van der Waals surface area contributed by atoms with Crippen LogP contribution in [0.5, 0.6) is 0 Å². The first-order chi connectivity index (χ1) is 14.7. The first-order valence-electron chi connectivity index (χ1n) is 10.0. The monoisotopic (exact) mass is 397 g/mol. The van der Waals surface area contributed by atoms with Gasteiger partial charge in [-0.25, -0.2) is 0 Å². The van der Waals surface area contributed by atoms with E-state index in [0.29, 0.717) is 13.1 Å². The van der Waals surface area contributed by atoms with Crippen molar-refractivity contribution in [3.05, 3.63) is 84.2 Å². The van der Waals surface area contributed by atoms with Crippen molar-refractivity contribution in [3.63, 3.8) is 0 Å². The van der Waals surface area contributed by atoms with Gasteiger partial charge >= 0.3 is 0 Å². The first kappa shape index (κ1) is 19.6. The normalized spacial score (nSPS) is 15.0. The van der Waals surface area contributed by atoms with Gasteiger partial charge in [-0.05, 0) is 17.7 Å². The lowest BCUT2D eigenvalue weighted by Gasteiger charge is -2.34. The second-order valence-electron chi connectivity index (χ2n) is 7.25. The Morgan fingerprint density at radius 2 is 1.80 bits per heavy atom. The third kappa shape index (κ3) is 4.48. The molecule has 0 spiro atoms. The quantitative estimate of drug-likeness (QED) is 0.528. The summed E-state index contributed by atoms with van der Waals surface area (Å²) in [4.78, 5) is 21.3. The average molecular weight is 397 g/mol. The molecule has 1 aliphatic rings. The Morgan fingerprint density at radius 1 is 1.03 bits per heavy atom. The van der Waals surface area contributed by atoms with Crippen LogP contribution in [0.3, 0.4) is 0 Å². The molecule has 2 aromatic carbocycles. The summed E-state index contributed by atoms with van der Waals surface area (Å²) in [6.07, 6.45) is 3.21. The van der Waals surface area contributed by atoms with Crippen molar-refractivity contribution >= 4 is 22.5 Å². The lowest BCUT2D eigenvalue weighted by molar-refractivity contribution is -0.128. The fourth-order valence-corrected chi connectivity index (χ4v) is 3.63. The Morgan fingerprint density at radius 3 is 2.57 bits per heavy atom. The van der Waals surface area contributed by atoms with Gasteiger partial charge in [0.1, 0.15) is 11.6 Å². The van der Waals surface area contributed by atoms with Crippen LogP contribution >= 0.6 is 0 Å². The summed E-state index contributed by atoms with van der Waals surface area (Å²) < 4.78 is 0. The van der Waals surface area contributed by atoms with Crippen LogP contribution < -0.4 is 5.32 Å². The molecule has 3 aromatic rings. The summed E-state index contributed by atoms with van der Waals surface area (Å²) in [5.41, 5.74) is 2.93. The summed E-state index contributed by atoms with van der Waals surface area (Å²) in [5.74, 6) is -0.238. The van der Waals surface area contributed by atoms with Crippen molar-refractivity contribution in [1.29, 1.82) is 5.26 Å². The van der Waals surface area contributed by atoms with E-state index in [-0.39, 0.29) is 11.5 Å². The van der Waals surface area contributed by atoms with E-state index in [1.165, 1.54) is 11.8 Å². The molecule has 150 valence electrons. The molecule has 6 nitrogen and oxygen atoms in total. The third-order valence-electron chi connectivity index (χ3n) is 5.26. The smallest absolute Gasteiger partial charge is 0.266 e. The molecule has 0 radical (unpaired) electrons. The van der Waals surface area contributed by atoms with Crippen molar-refractivity contribution in [1.82, 2.24) is 14.8 Å². The van der Waals surface area contributed by atoms with E-state index >= 15 is 0 Å². The number of hydrogen-bond donors (Lipinski definition) is 1. The summed E-state index contributed by atoms with van der Waals surface area (Å²) >= 11 is 0. The molecular formula is C24H23N5O. The highest BCUT2D eigenvalue weighted by Crippen LogP contribution is 2.21. The summed E-state index contributed by atoms with van der Waals surface area (Å²) in [6, 6.07) is 22.0. The minimum Gasteiger partial charge on any atom is -0.358 e. The lowest BCUT2D eigenvalue weighted by Crippen LogP contribution is -2.48. The molecule has 0 aliphatic carbocycles. The molecule has 0 bridgehead atoms. The van der Waals surface area contributed by atoms with Crippen LogP contribution in [0.25, 0.3) is 10.9 Å². The number of nitrogens with one attached hydrogen (secondary N) is 1. The lowest BCUT2D eigenvalue weighted by atomic mass is 10.1. The van der Waals surface area contributed by atoms with E-state index < -0.39 is 0 Å². The predicted molar refractivity (Wildman–Crippen MR) is 117 cm³/mol. The number of piperazine rings is 1. The molecule has 1 aromatic heterocycles. The van der Waals surface area contributed by atoms with Crippen LogP contribution in [0.1, 0.15) is 5.56 Å². The topological polar surface area (TPSA) is 72.3 Å². The number of anilines is 1. The van der Waals surface area contributed by atoms with Gasteiger partial charge in [-0.3, -0.25) is 14.7 Å². The van der Waals surface area contributed by atoms with E-state index in [4.69, 9.17) is 0 Å². The number of benzene rings is 2. The number of para-hydroxylation sites is 1. The van der Waals surface area contributed by atoms with Crippen molar-refractivity contribution in [2.24, 2.45) is 0 Å². The minimum absolute atomic E-state index is 0.0967.